The van der Waals surface area contributed by atoms with Gasteiger partial charge in [-0.15, -0.1) is 0 Å². The van der Waals surface area contributed by atoms with Gasteiger partial charge in [0.1, 0.15) is 17.9 Å². The van der Waals surface area contributed by atoms with Gasteiger partial charge in [0.15, 0.2) is 0 Å². The molecule has 2 aromatic carbocycles. The lowest BCUT2D eigenvalue weighted by atomic mass is 10.1. The van der Waals surface area contributed by atoms with Crippen molar-refractivity contribution in [3.05, 3.63) is 78.6 Å². The predicted octanol–water partition coefficient (Wildman–Crippen LogP) is 4.33. The van der Waals surface area contributed by atoms with Crippen molar-refractivity contribution < 1.29 is 28.3 Å². The summed E-state index contributed by atoms with van der Waals surface area (Å²) >= 11 is 3.43. The summed E-state index contributed by atoms with van der Waals surface area (Å²) in [6.45, 7) is 0.0898. The van der Waals surface area contributed by atoms with Crippen LogP contribution in [0, 0.1) is 10.1 Å². The van der Waals surface area contributed by atoms with Gasteiger partial charge >= 0.3 is 11.8 Å². The van der Waals surface area contributed by atoms with Gasteiger partial charge in [-0.2, -0.15) is 0 Å². The smallest absolute Gasteiger partial charge is 0.429 e. The Kier molecular flexibility index (Phi) is 6.25. The third-order valence-corrected chi connectivity index (χ3v) is 4.63. The first-order valence-electron chi connectivity index (χ1n) is 8.20. The zero-order chi connectivity index (χ0) is 21.0. The minimum absolute atomic E-state index is 0.0879. The summed E-state index contributed by atoms with van der Waals surface area (Å²) in [6, 6.07) is 9.60. The molecule has 9 nitrogen and oxygen atoms in total. The molecule has 0 radical (unpaired) electrons. The molecule has 0 aliphatic carbocycles. The maximum atomic E-state index is 11.9. The van der Waals surface area contributed by atoms with Gasteiger partial charge in [-0.25, -0.2) is 9.59 Å². The highest BCUT2D eigenvalue weighted by molar-refractivity contribution is 9.10. The van der Waals surface area contributed by atoms with Crippen LogP contribution in [-0.2, 0) is 22.7 Å². The van der Waals surface area contributed by atoms with E-state index in [9.17, 15) is 19.7 Å². The summed E-state index contributed by atoms with van der Waals surface area (Å²) < 4.78 is 21.1. The second-order valence-corrected chi connectivity index (χ2v) is 6.71. The first kappa shape index (κ1) is 20.5. The summed E-state index contributed by atoms with van der Waals surface area (Å²) in [6.07, 6.45) is -1.02. The molecule has 0 bridgehead atoms. The molecule has 0 saturated heterocycles. The average molecular weight is 464 g/mol. The molecular weight excluding hydrogens is 450 g/mol. The van der Waals surface area contributed by atoms with Gasteiger partial charge in [-0.05, 0) is 29.8 Å². The third kappa shape index (κ3) is 4.98. The lowest BCUT2D eigenvalue weighted by Crippen LogP contribution is -2.12. The second kappa shape index (κ2) is 8.84. The number of nitrogens with zero attached hydrogens (tertiary/aromatic N) is 1. The van der Waals surface area contributed by atoms with Gasteiger partial charge in [0, 0.05) is 40.7 Å². The zero-order valence-electron chi connectivity index (χ0n) is 15.0. The highest BCUT2D eigenvalue weighted by Gasteiger charge is 2.14. The van der Waals surface area contributed by atoms with Gasteiger partial charge < -0.3 is 18.6 Å². The number of carbonyl (C=O) groups is 1. The van der Waals surface area contributed by atoms with Crippen molar-refractivity contribution >= 4 is 38.7 Å². The van der Waals surface area contributed by atoms with Gasteiger partial charge in [0.2, 0.25) is 0 Å². The van der Waals surface area contributed by atoms with Crippen molar-refractivity contribution in [2.24, 2.45) is 0 Å². The van der Waals surface area contributed by atoms with E-state index in [1.807, 2.05) is 0 Å². The molecule has 1 heterocycles. The van der Waals surface area contributed by atoms with Crippen LogP contribution < -0.4 is 10.4 Å². The molecule has 3 aromatic rings. The molecule has 0 N–H and O–H groups in total. The molecule has 3 rings (SSSR count). The minimum atomic E-state index is -1.02. The van der Waals surface area contributed by atoms with Crippen LogP contribution in [0.3, 0.4) is 0 Å². The van der Waals surface area contributed by atoms with Crippen molar-refractivity contribution in [1.29, 1.82) is 0 Å². The molecule has 0 saturated carbocycles. The van der Waals surface area contributed by atoms with E-state index in [0.717, 1.165) is 10.0 Å². The fourth-order valence-electron chi connectivity index (χ4n) is 2.57. The Balaban J connectivity index is 1.75. The van der Waals surface area contributed by atoms with E-state index in [-0.39, 0.29) is 18.0 Å². The molecule has 0 spiro atoms. The Labute approximate surface area is 172 Å². The number of nitro groups is 1. The van der Waals surface area contributed by atoms with Gasteiger partial charge in [0.25, 0.3) is 5.69 Å². The molecule has 0 aliphatic heterocycles. The van der Waals surface area contributed by atoms with Crippen LogP contribution in [-0.4, -0.2) is 18.2 Å². The number of carbonyl (C=O) groups excluding carboxylic acids is 1. The monoisotopic (exact) mass is 463 g/mol. The molecule has 0 aliphatic rings. The van der Waals surface area contributed by atoms with Crippen molar-refractivity contribution in [3.63, 3.8) is 0 Å². The Morgan fingerprint density at radius 2 is 1.86 bits per heavy atom. The predicted molar refractivity (Wildman–Crippen MR) is 105 cm³/mol. The van der Waals surface area contributed by atoms with Crippen LogP contribution in [0.25, 0.3) is 11.0 Å². The van der Waals surface area contributed by atoms with Crippen LogP contribution in [0.4, 0.5) is 10.5 Å². The van der Waals surface area contributed by atoms with Crippen molar-refractivity contribution in [3.8, 4) is 5.75 Å². The van der Waals surface area contributed by atoms with Crippen LogP contribution in [0.15, 0.2) is 56.1 Å². The summed E-state index contributed by atoms with van der Waals surface area (Å²) in [5.41, 5.74) is 0.826. The van der Waals surface area contributed by atoms with Crippen LogP contribution in [0.1, 0.15) is 11.1 Å². The number of rotatable bonds is 6. The number of hydrogen-bond donors (Lipinski definition) is 0. The molecule has 0 fully saturated rings. The maximum Gasteiger partial charge on any atom is 0.514 e. The Morgan fingerprint density at radius 1 is 1.14 bits per heavy atom. The molecule has 0 atom stereocenters. The number of halogens is 1. The quantitative estimate of drug-likeness (QED) is 0.174. The Bertz CT molecular complexity index is 1120. The standard InChI is InChI=1S/C19H14BrNO8/c1-26-9-12-6-17-15(8-16(12)20)11(7-18(22)29-17)10-27-19(23)28-14-4-2-13(3-5-14)21(24)25/h2-8H,9-10H2,1H3. The number of nitro benzene ring substituents is 1. The van der Waals surface area contributed by atoms with E-state index in [1.165, 1.54) is 30.3 Å². The van der Waals surface area contributed by atoms with E-state index < -0.39 is 16.7 Å². The summed E-state index contributed by atoms with van der Waals surface area (Å²) in [7, 11) is 1.55. The number of ether oxygens (including phenoxy) is 3. The molecule has 0 unspecified atom stereocenters. The largest absolute Gasteiger partial charge is 0.514 e. The minimum Gasteiger partial charge on any atom is -0.429 e. The number of non-ortho nitro benzene ring substituents is 1. The van der Waals surface area contributed by atoms with E-state index in [2.05, 4.69) is 15.9 Å². The Hall–Kier alpha value is -3.24. The van der Waals surface area contributed by atoms with Crippen LogP contribution >= 0.6 is 15.9 Å². The molecule has 10 heteroatoms. The fraction of sp³-hybridized carbons (Fsp3) is 0.158. The highest BCUT2D eigenvalue weighted by Crippen LogP contribution is 2.27. The molecule has 29 heavy (non-hydrogen) atoms. The SMILES string of the molecule is COCc1cc2oc(=O)cc(COC(=O)Oc3ccc([N+](=O)[O-])cc3)c2cc1Br. The number of fused-ring (bicyclic) bond motifs is 1. The van der Waals surface area contributed by atoms with Gasteiger partial charge in [-0.3, -0.25) is 10.1 Å². The second-order valence-electron chi connectivity index (χ2n) is 5.86. The summed E-state index contributed by atoms with van der Waals surface area (Å²) in [5.74, 6) is 0.0879. The van der Waals surface area contributed by atoms with Crippen LogP contribution in [0.2, 0.25) is 0 Å². The number of hydrogen-bond acceptors (Lipinski definition) is 8. The summed E-state index contributed by atoms with van der Waals surface area (Å²) in [5, 5.41) is 11.2. The van der Waals surface area contributed by atoms with Crippen LogP contribution in [0.5, 0.6) is 5.75 Å². The maximum absolute atomic E-state index is 11.9. The van der Waals surface area contributed by atoms with Gasteiger partial charge in [-0.1, -0.05) is 15.9 Å². The third-order valence-electron chi connectivity index (χ3n) is 3.89. The lowest BCUT2D eigenvalue weighted by Gasteiger charge is -2.10. The van der Waals surface area contributed by atoms with E-state index in [1.54, 1.807) is 19.2 Å². The normalized spacial score (nSPS) is 10.7. The first-order chi connectivity index (χ1) is 13.9. The molecule has 150 valence electrons. The molecule has 0 amide bonds. The fourth-order valence-corrected chi connectivity index (χ4v) is 3.03. The van der Waals surface area contributed by atoms with Crippen molar-refractivity contribution in [2.45, 2.75) is 13.2 Å². The average Bonchev–Trinajstić information content (AvgIpc) is 2.68. The lowest BCUT2D eigenvalue weighted by molar-refractivity contribution is -0.384. The van der Waals surface area contributed by atoms with Crippen molar-refractivity contribution in [1.82, 2.24) is 0 Å². The number of methoxy groups -OCH3 is 1. The van der Waals surface area contributed by atoms with Gasteiger partial charge in [0.05, 0.1) is 11.5 Å². The topological polar surface area (TPSA) is 118 Å². The zero-order valence-corrected chi connectivity index (χ0v) is 16.6. The Morgan fingerprint density at radius 3 is 2.52 bits per heavy atom. The van der Waals surface area contributed by atoms with E-state index >= 15 is 0 Å². The summed E-state index contributed by atoms with van der Waals surface area (Å²) in [4.78, 5) is 33.8. The van der Waals surface area contributed by atoms with E-state index in [4.69, 9.17) is 18.6 Å². The van der Waals surface area contributed by atoms with E-state index in [0.29, 0.717) is 23.1 Å². The highest BCUT2D eigenvalue weighted by atomic mass is 79.9. The molecule has 1 aromatic heterocycles. The first-order valence-corrected chi connectivity index (χ1v) is 9.00. The molecular formula is C19H14BrNO8. The number of benzene rings is 2. The van der Waals surface area contributed by atoms with Crippen molar-refractivity contribution in [2.75, 3.05) is 7.11 Å².